The van der Waals surface area contributed by atoms with E-state index in [4.69, 9.17) is 11.3 Å². The van der Waals surface area contributed by atoms with Gasteiger partial charge in [-0.3, -0.25) is 9.59 Å². The average Bonchev–Trinajstić information content (AvgIpc) is 3.00. The van der Waals surface area contributed by atoms with E-state index in [1.165, 1.54) is 6.08 Å². The number of carbonyl (C=O) groups excluding carboxylic acids is 2. The first-order chi connectivity index (χ1) is 19.9. The molecule has 1 heterocycles. The maximum absolute atomic E-state index is 12.7. The summed E-state index contributed by atoms with van der Waals surface area (Å²) in [6.07, 6.45) is 5.00. The van der Waals surface area contributed by atoms with Crippen molar-refractivity contribution in [3.8, 4) is 5.75 Å². The van der Waals surface area contributed by atoms with Gasteiger partial charge in [0, 0.05) is 32.0 Å². The van der Waals surface area contributed by atoms with E-state index in [1.807, 2.05) is 42.5 Å². The van der Waals surface area contributed by atoms with Gasteiger partial charge >= 0.3 is 5.97 Å². The number of aliphatic carboxylic acids is 1. The number of hydrogen-bond donors (Lipinski definition) is 2. The second kappa shape index (κ2) is 14.5. The molecular weight excluding hydrogens is 518 g/mol. The first kappa shape index (κ1) is 29.1. The highest BCUT2D eigenvalue weighted by atomic mass is 16.5. The third kappa shape index (κ3) is 9.07. The zero-order valence-electron chi connectivity index (χ0n) is 22.7. The summed E-state index contributed by atoms with van der Waals surface area (Å²) in [6, 6.07) is 23.0. The molecule has 210 valence electrons. The minimum absolute atomic E-state index is 0.0830. The van der Waals surface area contributed by atoms with Crippen LogP contribution >= 0.6 is 0 Å². The maximum Gasteiger partial charge on any atom is 0.326 e. The van der Waals surface area contributed by atoms with E-state index in [-0.39, 0.29) is 30.6 Å². The molecule has 0 aliphatic carbocycles. The van der Waals surface area contributed by atoms with Crippen molar-refractivity contribution in [1.82, 2.24) is 10.2 Å². The van der Waals surface area contributed by atoms with Gasteiger partial charge in [0.25, 0.3) is 0 Å². The van der Waals surface area contributed by atoms with Gasteiger partial charge in [-0.25, -0.2) is 9.64 Å². The molecule has 8 nitrogen and oxygen atoms in total. The number of nitrogens with one attached hydrogen (secondary N) is 1. The Bertz CT molecular complexity index is 1390. The molecule has 0 unspecified atom stereocenters. The van der Waals surface area contributed by atoms with Crippen molar-refractivity contribution in [1.29, 1.82) is 0 Å². The van der Waals surface area contributed by atoms with Crippen LogP contribution in [0.15, 0.2) is 84.9 Å². The Balaban J connectivity index is 1.20. The second-order valence-electron chi connectivity index (χ2n) is 10.1. The number of piperidine rings is 1. The summed E-state index contributed by atoms with van der Waals surface area (Å²) in [7, 11) is 0. The molecule has 0 radical (unpaired) electrons. The van der Waals surface area contributed by atoms with Crippen LogP contribution in [0, 0.1) is 12.5 Å². The van der Waals surface area contributed by atoms with Crippen LogP contribution in [0.4, 0.5) is 5.69 Å². The van der Waals surface area contributed by atoms with Crippen molar-refractivity contribution in [3.63, 3.8) is 0 Å². The molecule has 0 saturated carbocycles. The van der Waals surface area contributed by atoms with Gasteiger partial charge < -0.3 is 20.1 Å². The smallest absolute Gasteiger partial charge is 0.326 e. The standard InChI is InChI=1S/C33H33N3O5/c1-34-28-12-7-24(8-13-28)11-16-32(38)36-19-17-26(18-20-36)22-31(37)35-30(33(39)40)21-25-9-14-29(15-10-25)41-23-27-5-3-2-4-6-27/h2-16,26,30H,17-23H2,(H,35,37)(H,39,40)/b16-11+/t30-/m0/s1. The van der Waals surface area contributed by atoms with E-state index in [9.17, 15) is 19.5 Å². The second-order valence-corrected chi connectivity index (χ2v) is 10.1. The largest absolute Gasteiger partial charge is 0.489 e. The number of ether oxygens (including phenoxy) is 1. The average molecular weight is 552 g/mol. The fourth-order valence-electron chi connectivity index (χ4n) is 4.70. The molecule has 2 N–H and O–H groups in total. The summed E-state index contributed by atoms with van der Waals surface area (Å²) < 4.78 is 5.79. The molecule has 41 heavy (non-hydrogen) atoms. The highest BCUT2D eigenvalue weighted by Crippen LogP contribution is 2.22. The van der Waals surface area contributed by atoms with Gasteiger partial charge in [-0.05, 0) is 53.7 Å². The monoisotopic (exact) mass is 551 g/mol. The number of rotatable bonds is 11. The van der Waals surface area contributed by atoms with Crippen LogP contribution in [0.25, 0.3) is 10.9 Å². The van der Waals surface area contributed by atoms with Crippen LogP contribution in [-0.2, 0) is 27.4 Å². The number of amides is 2. The van der Waals surface area contributed by atoms with Gasteiger partial charge in [0.2, 0.25) is 11.8 Å². The number of carboxylic acid groups (broad SMARTS) is 1. The Morgan fingerprint density at radius 2 is 1.66 bits per heavy atom. The summed E-state index contributed by atoms with van der Waals surface area (Å²) in [6.45, 7) is 8.53. The number of benzene rings is 3. The van der Waals surface area contributed by atoms with Crippen molar-refractivity contribution in [3.05, 3.63) is 113 Å². The van der Waals surface area contributed by atoms with Crippen molar-refractivity contribution in [2.45, 2.75) is 38.3 Å². The van der Waals surface area contributed by atoms with E-state index < -0.39 is 12.0 Å². The first-order valence-electron chi connectivity index (χ1n) is 13.6. The highest BCUT2D eigenvalue weighted by Gasteiger charge is 2.26. The van der Waals surface area contributed by atoms with Crippen molar-refractivity contribution in [2.24, 2.45) is 5.92 Å². The molecule has 0 bridgehead atoms. The van der Waals surface area contributed by atoms with Gasteiger partial charge in [-0.15, -0.1) is 0 Å². The summed E-state index contributed by atoms with van der Waals surface area (Å²) in [4.78, 5) is 42.3. The van der Waals surface area contributed by atoms with Crippen LogP contribution in [0.2, 0.25) is 0 Å². The van der Waals surface area contributed by atoms with Crippen molar-refractivity contribution in [2.75, 3.05) is 13.1 Å². The van der Waals surface area contributed by atoms with Gasteiger partial charge in [-0.2, -0.15) is 0 Å². The molecule has 1 fully saturated rings. The minimum Gasteiger partial charge on any atom is -0.489 e. The number of hydrogen-bond acceptors (Lipinski definition) is 4. The lowest BCUT2D eigenvalue weighted by Gasteiger charge is -2.31. The topological polar surface area (TPSA) is 100 Å². The zero-order valence-corrected chi connectivity index (χ0v) is 22.7. The molecular formula is C33H33N3O5. The summed E-state index contributed by atoms with van der Waals surface area (Å²) in [5, 5.41) is 12.4. The molecule has 1 atom stereocenters. The third-order valence-corrected chi connectivity index (χ3v) is 7.09. The van der Waals surface area contributed by atoms with Crippen LogP contribution in [0.1, 0.15) is 36.0 Å². The molecule has 1 aliphatic rings. The minimum atomic E-state index is -1.08. The summed E-state index contributed by atoms with van der Waals surface area (Å²) >= 11 is 0. The lowest BCUT2D eigenvalue weighted by Crippen LogP contribution is -2.44. The lowest BCUT2D eigenvalue weighted by molar-refractivity contribution is -0.142. The van der Waals surface area contributed by atoms with E-state index in [2.05, 4.69) is 10.2 Å². The molecule has 0 aromatic heterocycles. The summed E-state index contributed by atoms with van der Waals surface area (Å²) in [5.41, 5.74) is 3.23. The number of carboxylic acids is 1. The predicted molar refractivity (Wildman–Crippen MR) is 156 cm³/mol. The quantitative estimate of drug-likeness (QED) is 0.250. The van der Waals surface area contributed by atoms with E-state index in [0.29, 0.717) is 44.0 Å². The van der Waals surface area contributed by atoms with Crippen LogP contribution in [-0.4, -0.2) is 46.9 Å². The molecule has 1 aliphatic heterocycles. The van der Waals surface area contributed by atoms with Gasteiger partial charge in [0.15, 0.2) is 5.69 Å². The molecule has 3 aromatic carbocycles. The van der Waals surface area contributed by atoms with E-state index >= 15 is 0 Å². The molecule has 1 saturated heterocycles. The Morgan fingerprint density at radius 1 is 0.976 bits per heavy atom. The molecule has 0 spiro atoms. The lowest BCUT2D eigenvalue weighted by atomic mass is 9.93. The van der Waals surface area contributed by atoms with Gasteiger partial charge in [0.05, 0.1) is 6.57 Å². The van der Waals surface area contributed by atoms with Gasteiger partial charge in [0.1, 0.15) is 18.4 Å². The normalized spacial score (nSPS) is 14.3. The fraction of sp³-hybridized carbons (Fsp3) is 0.273. The molecule has 4 rings (SSSR count). The van der Waals surface area contributed by atoms with E-state index in [1.54, 1.807) is 47.4 Å². The highest BCUT2D eigenvalue weighted by molar-refractivity contribution is 5.92. The fourth-order valence-corrected chi connectivity index (χ4v) is 4.70. The molecule has 8 heteroatoms. The van der Waals surface area contributed by atoms with Gasteiger partial charge in [-0.1, -0.05) is 66.7 Å². The zero-order chi connectivity index (χ0) is 29.0. The number of nitrogens with zero attached hydrogens (tertiary/aromatic N) is 2. The Morgan fingerprint density at radius 3 is 2.29 bits per heavy atom. The van der Waals surface area contributed by atoms with E-state index in [0.717, 1.165) is 16.7 Å². The number of likely N-dealkylation sites (tertiary alicyclic amines) is 1. The molecule has 2 amide bonds. The molecule has 3 aromatic rings. The third-order valence-electron chi connectivity index (χ3n) is 7.09. The Hall–Kier alpha value is -4.90. The van der Waals surface area contributed by atoms with Crippen molar-refractivity contribution < 1.29 is 24.2 Å². The van der Waals surface area contributed by atoms with Crippen molar-refractivity contribution >= 4 is 29.5 Å². The van der Waals surface area contributed by atoms with Crippen LogP contribution in [0.5, 0.6) is 5.75 Å². The Labute approximate surface area is 240 Å². The summed E-state index contributed by atoms with van der Waals surface area (Å²) in [5.74, 6) is -0.709. The SMILES string of the molecule is [C-]#[N+]c1ccc(/C=C/C(=O)N2CCC(CC(=O)N[C@@H](Cc3ccc(OCc4ccccc4)cc3)C(=O)O)CC2)cc1. The van der Waals surface area contributed by atoms with Crippen LogP contribution in [0.3, 0.4) is 0 Å². The number of carbonyl (C=O) groups is 3. The Kier molecular flexibility index (Phi) is 10.3. The predicted octanol–water partition coefficient (Wildman–Crippen LogP) is 5.27. The maximum atomic E-state index is 12.7. The van der Waals surface area contributed by atoms with Crippen LogP contribution < -0.4 is 10.1 Å². The first-order valence-corrected chi connectivity index (χ1v) is 13.6.